The van der Waals surface area contributed by atoms with Crippen LogP contribution < -0.4 is 0 Å². The van der Waals surface area contributed by atoms with Gasteiger partial charge in [0.15, 0.2) is 0 Å². The van der Waals surface area contributed by atoms with E-state index in [0.717, 1.165) is 0 Å². The summed E-state index contributed by atoms with van der Waals surface area (Å²) in [5.41, 5.74) is 1.02. The van der Waals surface area contributed by atoms with Crippen molar-refractivity contribution in [2.75, 3.05) is 0 Å². The largest absolute Gasteiger partial charge is 0.591 e. The Bertz CT molecular complexity index is 415. The average molecular weight is 256 g/mol. The molecule has 1 aromatic heterocycles. The first-order valence-corrected chi connectivity index (χ1v) is 6.57. The van der Waals surface area contributed by atoms with E-state index in [1.807, 2.05) is 27.7 Å². The van der Waals surface area contributed by atoms with Crippen LogP contribution in [0.15, 0.2) is 22.6 Å². The quantitative estimate of drug-likeness (QED) is 0.474. The van der Waals surface area contributed by atoms with Gasteiger partial charge in [-0.2, -0.15) is 4.39 Å². The van der Waals surface area contributed by atoms with Crippen molar-refractivity contribution in [2.45, 2.75) is 38.9 Å². The van der Waals surface area contributed by atoms with Gasteiger partial charge in [-0.1, -0.05) is 17.4 Å². The molecule has 0 bridgehead atoms. The second-order valence-corrected chi connectivity index (χ2v) is 6.50. The third-order valence-corrected chi connectivity index (χ3v) is 3.50. The van der Waals surface area contributed by atoms with E-state index in [4.69, 9.17) is 0 Å². The molecule has 0 unspecified atom stereocenters. The Balaban J connectivity index is 3.03. The molecule has 94 valence electrons. The molecule has 1 rings (SSSR count). The molecule has 0 aliphatic rings. The van der Waals surface area contributed by atoms with Gasteiger partial charge in [0.1, 0.15) is 21.8 Å². The SMILES string of the molecule is CCC(=N[S@+]([O-])C(C)(C)C)c1cccc(F)n1. The lowest BCUT2D eigenvalue weighted by molar-refractivity contribution is 0.561. The fraction of sp³-hybridized carbons (Fsp3) is 0.500. The summed E-state index contributed by atoms with van der Waals surface area (Å²) in [6, 6.07) is 4.52. The van der Waals surface area contributed by atoms with Crippen molar-refractivity contribution in [2.24, 2.45) is 4.40 Å². The maximum absolute atomic E-state index is 13.0. The predicted molar refractivity (Wildman–Crippen MR) is 68.9 cm³/mol. The summed E-state index contributed by atoms with van der Waals surface area (Å²) >= 11 is -1.35. The molecule has 1 heterocycles. The summed E-state index contributed by atoms with van der Waals surface area (Å²) in [7, 11) is 0. The van der Waals surface area contributed by atoms with Crippen LogP contribution in [0.4, 0.5) is 4.39 Å². The summed E-state index contributed by atoms with van der Waals surface area (Å²) in [5, 5.41) is 0. The molecule has 0 N–H and O–H groups in total. The highest BCUT2D eigenvalue weighted by molar-refractivity contribution is 7.91. The number of rotatable bonds is 3. The molecule has 0 radical (unpaired) electrons. The molecule has 0 amide bonds. The van der Waals surface area contributed by atoms with Crippen molar-refractivity contribution in [3.63, 3.8) is 0 Å². The maximum atomic E-state index is 13.0. The lowest BCUT2D eigenvalue weighted by Crippen LogP contribution is -2.27. The second-order valence-electron chi connectivity index (χ2n) is 4.60. The minimum Gasteiger partial charge on any atom is -0.591 e. The van der Waals surface area contributed by atoms with Crippen molar-refractivity contribution in [3.8, 4) is 0 Å². The Morgan fingerprint density at radius 1 is 1.47 bits per heavy atom. The normalized spacial score (nSPS) is 14.8. The van der Waals surface area contributed by atoms with E-state index in [1.165, 1.54) is 6.07 Å². The third-order valence-electron chi connectivity index (χ3n) is 2.06. The molecule has 0 fully saturated rings. The Labute approximate surface area is 104 Å². The van der Waals surface area contributed by atoms with Gasteiger partial charge in [0.25, 0.3) is 0 Å². The third kappa shape index (κ3) is 4.09. The van der Waals surface area contributed by atoms with E-state index in [2.05, 4.69) is 9.38 Å². The monoisotopic (exact) mass is 256 g/mol. The molecule has 3 nitrogen and oxygen atoms in total. The zero-order valence-corrected chi connectivity index (χ0v) is 11.3. The lowest BCUT2D eigenvalue weighted by Gasteiger charge is -2.19. The van der Waals surface area contributed by atoms with E-state index < -0.39 is 22.1 Å². The van der Waals surface area contributed by atoms with Gasteiger partial charge < -0.3 is 4.55 Å². The van der Waals surface area contributed by atoms with Crippen molar-refractivity contribution >= 4 is 17.1 Å². The van der Waals surface area contributed by atoms with Crippen LogP contribution in [-0.4, -0.2) is 20.0 Å². The van der Waals surface area contributed by atoms with E-state index in [9.17, 15) is 8.94 Å². The van der Waals surface area contributed by atoms with Gasteiger partial charge in [-0.05, 0) is 39.3 Å². The van der Waals surface area contributed by atoms with Crippen molar-refractivity contribution in [3.05, 3.63) is 29.8 Å². The van der Waals surface area contributed by atoms with Gasteiger partial charge in [-0.3, -0.25) is 0 Å². The van der Waals surface area contributed by atoms with E-state index >= 15 is 0 Å². The van der Waals surface area contributed by atoms with E-state index in [-0.39, 0.29) is 0 Å². The molecule has 0 spiro atoms. The lowest BCUT2D eigenvalue weighted by atomic mass is 10.2. The molecule has 0 saturated carbocycles. The number of hydrogen-bond donors (Lipinski definition) is 0. The molecular weight excluding hydrogens is 239 g/mol. The van der Waals surface area contributed by atoms with Crippen LogP contribution >= 0.6 is 0 Å². The predicted octanol–water partition coefficient (Wildman–Crippen LogP) is 2.88. The first kappa shape index (κ1) is 14.1. The smallest absolute Gasteiger partial charge is 0.213 e. The van der Waals surface area contributed by atoms with Crippen molar-refractivity contribution in [1.29, 1.82) is 0 Å². The zero-order chi connectivity index (χ0) is 13.1. The number of aromatic nitrogens is 1. The fourth-order valence-electron chi connectivity index (χ4n) is 1.10. The maximum Gasteiger partial charge on any atom is 0.213 e. The van der Waals surface area contributed by atoms with Gasteiger partial charge in [0.05, 0.1) is 5.69 Å². The Kier molecular flexibility index (Phi) is 4.65. The van der Waals surface area contributed by atoms with Gasteiger partial charge in [-0.15, -0.1) is 0 Å². The van der Waals surface area contributed by atoms with Gasteiger partial charge >= 0.3 is 0 Å². The van der Waals surface area contributed by atoms with Crippen molar-refractivity contribution in [1.82, 2.24) is 4.98 Å². The number of nitrogens with zero attached hydrogens (tertiary/aromatic N) is 2. The fourth-order valence-corrected chi connectivity index (χ4v) is 1.80. The molecule has 0 aliphatic heterocycles. The molecular formula is C12H17FN2OS. The number of hydrogen-bond acceptors (Lipinski definition) is 3. The minimum absolute atomic E-state index is 0.423. The van der Waals surface area contributed by atoms with Crippen LogP contribution in [0.1, 0.15) is 39.8 Å². The molecule has 17 heavy (non-hydrogen) atoms. The van der Waals surface area contributed by atoms with Crippen LogP contribution in [0, 0.1) is 5.95 Å². The minimum atomic E-state index is -1.35. The standard InChI is InChI=1S/C12H17FN2OS/c1-5-9(15-17(16)12(2,3)4)10-7-6-8-11(13)14-10/h6-8H,5H2,1-4H3/t17-/m1/s1. The Morgan fingerprint density at radius 2 is 2.12 bits per heavy atom. The summed E-state index contributed by atoms with van der Waals surface area (Å²) in [5.74, 6) is -0.551. The highest BCUT2D eigenvalue weighted by atomic mass is 32.2. The average Bonchev–Trinajstić information content (AvgIpc) is 2.24. The highest BCUT2D eigenvalue weighted by Crippen LogP contribution is 2.18. The molecule has 0 aromatic carbocycles. The van der Waals surface area contributed by atoms with Gasteiger partial charge in [0.2, 0.25) is 5.95 Å². The van der Waals surface area contributed by atoms with Gasteiger partial charge in [-0.25, -0.2) is 4.98 Å². The molecule has 1 aromatic rings. The summed E-state index contributed by atoms with van der Waals surface area (Å²) in [6.07, 6.45) is 0.568. The first-order chi connectivity index (χ1) is 7.84. The highest BCUT2D eigenvalue weighted by Gasteiger charge is 2.27. The number of halogens is 1. The molecule has 1 atom stereocenters. The van der Waals surface area contributed by atoms with Crippen LogP contribution in [0.25, 0.3) is 0 Å². The Hall–Kier alpha value is -0.940. The zero-order valence-electron chi connectivity index (χ0n) is 10.5. The van der Waals surface area contributed by atoms with Crippen LogP contribution in [0.3, 0.4) is 0 Å². The van der Waals surface area contributed by atoms with Crippen molar-refractivity contribution < 1.29 is 8.94 Å². The number of pyridine rings is 1. The summed E-state index contributed by atoms with van der Waals surface area (Å²) in [4.78, 5) is 3.75. The summed E-state index contributed by atoms with van der Waals surface area (Å²) in [6.45, 7) is 7.42. The van der Waals surface area contributed by atoms with Crippen LogP contribution in [0.5, 0.6) is 0 Å². The Morgan fingerprint density at radius 3 is 2.59 bits per heavy atom. The topological polar surface area (TPSA) is 48.3 Å². The van der Waals surface area contributed by atoms with Crippen LogP contribution in [0.2, 0.25) is 0 Å². The molecule has 0 saturated heterocycles. The second kappa shape index (κ2) is 5.60. The van der Waals surface area contributed by atoms with E-state index in [0.29, 0.717) is 17.8 Å². The summed E-state index contributed by atoms with van der Waals surface area (Å²) < 4.78 is 28.6. The van der Waals surface area contributed by atoms with E-state index in [1.54, 1.807) is 12.1 Å². The molecule has 5 heteroatoms. The molecule has 0 aliphatic carbocycles. The van der Waals surface area contributed by atoms with Gasteiger partial charge in [0, 0.05) is 0 Å². The first-order valence-electron chi connectivity index (χ1n) is 5.47. The van der Waals surface area contributed by atoms with Crippen LogP contribution in [-0.2, 0) is 11.4 Å².